The van der Waals surface area contributed by atoms with Crippen LogP contribution in [0.1, 0.15) is 26.7 Å². The summed E-state index contributed by atoms with van der Waals surface area (Å²) in [6.45, 7) is 3.65. The molecule has 0 aliphatic carbocycles. The monoisotopic (exact) mass is 154 g/mol. The SMILES string of the molecule is CCC=CCC=C(C)C(=O)O. The van der Waals surface area contributed by atoms with Crippen LogP contribution in [0.15, 0.2) is 23.8 Å². The minimum absolute atomic E-state index is 0.408. The molecule has 62 valence electrons. The van der Waals surface area contributed by atoms with Gasteiger partial charge in [0.25, 0.3) is 0 Å². The number of carbonyl (C=O) groups is 1. The Morgan fingerprint density at radius 1 is 1.45 bits per heavy atom. The van der Waals surface area contributed by atoms with Crippen molar-refractivity contribution in [3.05, 3.63) is 23.8 Å². The van der Waals surface area contributed by atoms with Gasteiger partial charge in [-0.3, -0.25) is 0 Å². The van der Waals surface area contributed by atoms with Gasteiger partial charge >= 0.3 is 5.97 Å². The van der Waals surface area contributed by atoms with Crippen LogP contribution in [0, 0.1) is 0 Å². The fourth-order valence-corrected chi connectivity index (χ4v) is 0.595. The maximum Gasteiger partial charge on any atom is 0.330 e. The lowest BCUT2D eigenvalue weighted by molar-refractivity contribution is -0.132. The Morgan fingerprint density at radius 2 is 2.09 bits per heavy atom. The topological polar surface area (TPSA) is 37.3 Å². The van der Waals surface area contributed by atoms with Gasteiger partial charge in [-0.15, -0.1) is 0 Å². The molecule has 0 aromatic heterocycles. The van der Waals surface area contributed by atoms with Gasteiger partial charge in [0.05, 0.1) is 0 Å². The van der Waals surface area contributed by atoms with Gasteiger partial charge in [-0.1, -0.05) is 25.2 Å². The van der Waals surface area contributed by atoms with Gasteiger partial charge in [-0.05, 0) is 19.8 Å². The number of carboxylic acids is 1. The summed E-state index contributed by atoms with van der Waals surface area (Å²) in [5.74, 6) is -0.838. The molecule has 0 rings (SSSR count). The van der Waals surface area contributed by atoms with Crippen LogP contribution in [-0.4, -0.2) is 11.1 Å². The highest BCUT2D eigenvalue weighted by atomic mass is 16.4. The molecule has 0 fully saturated rings. The summed E-state index contributed by atoms with van der Waals surface area (Å²) in [6, 6.07) is 0. The summed E-state index contributed by atoms with van der Waals surface area (Å²) in [7, 11) is 0. The zero-order chi connectivity index (χ0) is 8.69. The quantitative estimate of drug-likeness (QED) is 0.498. The number of hydrogen-bond donors (Lipinski definition) is 1. The molecule has 1 N–H and O–H groups in total. The van der Waals surface area contributed by atoms with Crippen molar-refractivity contribution >= 4 is 5.97 Å². The van der Waals surface area contributed by atoms with Crippen molar-refractivity contribution in [2.75, 3.05) is 0 Å². The Kier molecular flexibility index (Phi) is 5.17. The Bertz CT molecular complexity index is 178. The third-order valence-electron chi connectivity index (χ3n) is 1.30. The van der Waals surface area contributed by atoms with E-state index in [2.05, 4.69) is 0 Å². The first-order chi connectivity index (χ1) is 5.18. The zero-order valence-electron chi connectivity index (χ0n) is 7.00. The van der Waals surface area contributed by atoms with Gasteiger partial charge in [0.15, 0.2) is 0 Å². The number of allylic oxidation sites excluding steroid dienone is 3. The van der Waals surface area contributed by atoms with Crippen molar-refractivity contribution in [2.24, 2.45) is 0 Å². The molecule has 0 aromatic carbocycles. The predicted molar refractivity (Wildman–Crippen MR) is 45.4 cm³/mol. The number of hydrogen-bond acceptors (Lipinski definition) is 1. The van der Waals surface area contributed by atoms with E-state index in [-0.39, 0.29) is 0 Å². The first kappa shape index (κ1) is 9.95. The maximum atomic E-state index is 10.3. The zero-order valence-corrected chi connectivity index (χ0v) is 7.00. The second kappa shape index (κ2) is 5.71. The van der Waals surface area contributed by atoms with Gasteiger partial charge in [-0.25, -0.2) is 4.79 Å². The lowest BCUT2D eigenvalue weighted by Gasteiger charge is -1.89. The molecule has 2 nitrogen and oxygen atoms in total. The highest BCUT2D eigenvalue weighted by molar-refractivity contribution is 5.85. The Morgan fingerprint density at radius 3 is 2.55 bits per heavy atom. The van der Waals surface area contributed by atoms with Crippen LogP contribution >= 0.6 is 0 Å². The molecule has 0 aliphatic heterocycles. The minimum Gasteiger partial charge on any atom is -0.478 e. The van der Waals surface area contributed by atoms with Crippen LogP contribution in [0.3, 0.4) is 0 Å². The van der Waals surface area contributed by atoms with Gasteiger partial charge in [0.2, 0.25) is 0 Å². The highest BCUT2D eigenvalue weighted by Crippen LogP contribution is 1.96. The molecular formula is C9H14O2. The van der Waals surface area contributed by atoms with Gasteiger partial charge in [0.1, 0.15) is 0 Å². The van der Waals surface area contributed by atoms with Crippen LogP contribution in [0.25, 0.3) is 0 Å². The molecule has 0 spiro atoms. The summed E-state index contributed by atoms with van der Waals surface area (Å²) < 4.78 is 0. The largest absolute Gasteiger partial charge is 0.478 e. The normalized spacial score (nSPS) is 12.4. The van der Waals surface area contributed by atoms with Crippen molar-refractivity contribution in [1.29, 1.82) is 0 Å². The van der Waals surface area contributed by atoms with E-state index in [1.54, 1.807) is 13.0 Å². The van der Waals surface area contributed by atoms with Gasteiger partial charge in [0, 0.05) is 5.57 Å². The average molecular weight is 154 g/mol. The molecule has 2 heteroatoms. The van der Waals surface area contributed by atoms with E-state index in [1.807, 2.05) is 19.1 Å². The summed E-state index contributed by atoms with van der Waals surface area (Å²) in [5.41, 5.74) is 0.408. The lowest BCUT2D eigenvalue weighted by atomic mass is 10.2. The summed E-state index contributed by atoms with van der Waals surface area (Å²) in [4.78, 5) is 10.3. The van der Waals surface area contributed by atoms with Crippen LogP contribution in [0.4, 0.5) is 0 Å². The molecule has 0 saturated carbocycles. The van der Waals surface area contributed by atoms with E-state index in [0.717, 1.165) is 6.42 Å². The number of rotatable bonds is 4. The fourth-order valence-electron chi connectivity index (χ4n) is 0.595. The molecule has 0 unspecified atom stereocenters. The summed E-state index contributed by atoms with van der Waals surface area (Å²) in [5, 5.41) is 8.45. The third-order valence-corrected chi connectivity index (χ3v) is 1.30. The summed E-state index contributed by atoms with van der Waals surface area (Å²) in [6.07, 6.45) is 7.40. The van der Waals surface area contributed by atoms with E-state index in [0.29, 0.717) is 12.0 Å². The average Bonchev–Trinajstić information content (AvgIpc) is 1.97. The third kappa shape index (κ3) is 5.40. The van der Waals surface area contributed by atoms with Gasteiger partial charge in [-0.2, -0.15) is 0 Å². The van der Waals surface area contributed by atoms with Crippen molar-refractivity contribution in [1.82, 2.24) is 0 Å². The van der Waals surface area contributed by atoms with E-state index >= 15 is 0 Å². The first-order valence-corrected chi connectivity index (χ1v) is 3.73. The van der Waals surface area contributed by atoms with Crippen molar-refractivity contribution in [3.63, 3.8) is 0 Å². The van der Waals surface area contributed by atoms with E-state index in [4.69, 9.17) is 5.11 Å². The molecule has 0 atom stereocenters. The van der Waals surface area contributed by atoms with Crippen LogP contribution in [0.5, 0.6) is 0 Å². The molecule has 0 heterocycles. The second-order valence-corrected chi connectivity index (χ2v) is 2.31. The van der Waals surface area contributed by atoms with Crippen LogP contribution in [-0.2, 0) is 4.79 Å². The molecule has 0 bridgehead atoms. The molecule has 0 radical (unpaired) electrons. The molecule has 0 saturated heterocycles. The standard InChI is InChI=1S/C9H14O2/c1-3-4-5-6-7-8(2)9(10)11/h4-5,7H,3,6H2,1-2H3,(H,10,11). The van der Waals surface area contributed by atoms with E-state index in [1.165, 1.54) is 0 Å². The molecular weight excluding hydrogens is 140 g/mol. The highest BCUT2D eigenvalue weighted by Gasteiger charge is 1.95. The molecule has 0 aromatic rings. The van der Waals surface area contributed by atoms with Crippen molar-refractivity contribution < 1.29 is 9.90 Å². The summed E-state index contributed by atoms with van der Waals surface area (Å²) >= 11 is 0. The molecule has 0 aliphatic rings. The Hall–Kier alpha value is -1.05. The van der Waals surface area contributed by atoms with Crippen molar-refractivity contribution in [3.8, 4) is 0 Å². The van der Waals surface area contributed by atoms with E-state index < -0.39 is 5.97 Å². The predicted octanol–water partition coefficient (Wildman–Crippen LogP) is 2.37. The molecule has 0 amide bonds. The number of carboxylic acid groups (broad SMARTS) is 1. The van der Waals surface area contributed by atoms with Gasteiger partial charge < -0.3 is 5.11 Å². The van der Waals surface area contributed by atoms with E-state index in [9.17, 15) is 4.79 Å². The van der Waals surface area contributed by atoms with Crippen LogP contribution in [0.2, 0.25) is 0 Å². The van der Waals surface area contributed by atoms with Crippen LogP contribution < -0.4 is 0 Å². The fraction of sp³-hybridized carbons (Fsp3) is 0.444. The Balaban J connectivity index is 3.74. The maximum absolute atomic E-state index is 10.3. The number of aliphatic carboxylic acids is 1. The van der Waals surface area contributed by atoms with Crippen molar-refractivity contribution in [2.45, 2.75) is 26.7 Å². The second-order valence-electron chi connectivity index (χ2n) is 2.31. The minimum atomic E-state index is -0.838. The lowest BCUT2D eigenvalue weighted by Crippen LogP contribution is -1.94. The smallest absolute Gasteiger partial charge is 0.330 e. The first-order valence-electron chi connectivity index (χ1n) is 3.73. The molecule has 11 heavy (non-hydrogen) atoms. The Labute approximate surface area is 67.2 Å².